The van der Waals surface area contributed by atoms with Gasteiger partial charge >= 0.3 is 0 Å². The summed E-state index contributed by atoms with van der Waals surface area (Å²) < 4.78 is 65.5. The molecule has 1 aliphatic rings. The number of hydrogen-bond acceptors (Lipinski definition) is 3. The Kier molecular flexibility index (Phi) is 4.08. The second-order valence-electron chi connectivity index (χ2n) is 4.93. The summed E-state index contributed by atoms with van der Waals surface area (Å²) in [6.45, 7) is 2.14. The van der Waals surface area contributed by atoms with Crippen molar-refractivity contribution in [1.29, 1.82) is 0 Å². The summed E-state index contributed by atoms with van der Waals surface area (Å²) in [5, 5.41) is 0. The van der Waals surface area contributed by atoms with Gasteiger partial charge in [0.25, 0.3) is 0 Å². The molecule has 0 aliphatic carbocycles. The SMILES string of the molecule is CC1CC(CN)CN1S(=O)(=O)c1ccc(F)c(F)c1F. The predicted molar refractivity (Wildman–Crippen MR) is 66.8 cm³/mol. The standard InChI is InChI=1S/C12H15F3N2O2S/c1-7-4-8(5-16)6-17(7)20(18,19)10-3-2-9(13)11(14)12(10)15/h2-3,7-8H,4-6,16H2,1H3. The average Bonchev–Trinajstić information content (AvgIpc) is 2.78. The Morgan fingerprint density at radius 3 is 2.50 bits per heavy atom. The van der Waals surface area contributed by atoms with Crippen molar-refractivity contribution in [2.45, 2.75) is 24.3 Å². The van der Waals surface area contributed by atoms with E-state index in [0.717, 1.165) is 10.4 Å². The minimum atomic E-state index is -4.20. The number of hydrogen-bond donors (Lipinski definition) is 1. The molecule has 1 heterocycles. The molecule has 1 aliphatic heterocycles. The van der Waals surface area contributed by atoms with E-state index in [1.54, 1.807) is 6.92 Å². The molecule has 2 atom stereocenters. The molecule has 0 aromatic heterocycles. The third-order valence-electron chi connectivity index (χ3n) is 3.52. The van der Waals surface area contributed by atoms with Gasteiger partial charge in [-0.2, -0.15) is 4.31 Å². The maximum absolute atomic E-state index is 13.7. The third-order valence-corrected chi connectivity index (χ3v) is 5.52. The van der Waals surface area contributed by atoms with Crippen molar-refractivity contribution in [2.24, 2.45) is 11.7 Å². The topological polar surface area (TPSA) is 63.4 Å². The quantitative estimate of drug-likeness (QED) is 0.860. The molecule has 0 radical (unpaired) electrons. The largest absolute Gasteiger partial charge is 0.330 e. The van der Waals surface area contributed by atoms with E-state index in [1.807, 2.05) is 0 Å². The summed E-state index contributed by atoms with van der Waals surface area (Å²) in [5.74, 6) is -4.91. The van der Waals surface area contributed by atoms with Gasteiger partial charge in [-0.3, -0.25) is 0 Å². The number of sulfonamides is 1. The van der Waals surface area contributed by atoms with Crippen LogP contribution < -0.4 is 5.73 Å². The average molecular weight is 308 g/mol. The van der Waals surface area contributed by atoms with Gasteiger partial charge in [0.05, 0.1) is 0 Å². The molecule has 2 rings (SSSR count). The van der Waals surface area contributed by atoms with Gasteiger partial charge < -0.3 is 5.73 Å². The van der Waals surface area contributed by atoms with E-state index < -0.39 is 32.4 Å². The third kappa shape index (κ3) is 2.43. The van der Waals surface area contributed by atoms with E-state index in [-0.39, 0.29) is 18.5 Å². The van der Waals surface area contributed by atoms with Gasteiger partial charge in [-0.25, -0.2) is 21.6 Å². The highest BCUT2D eigenvalue weighted by Crippen LogP contribution is 2.30. The van der Waals surface area contributed by atoms with Crippen LogP contribution >= 0.6 is 0 Å². The van der Waals surface area contributed by atoms with Crippen LogP contribution in [0.5, 0.6) is 0 Å². The van der Waals surface area contributed by atoms with E-state index in [0.29, 0.717) is 19.0 Å². The normalized spacial score (nSPS) is 24.2. The zero-order valence-electron chi connectivity index (χ0n) is 10.8. The highest BCUT2D eigenvalue weighted by molar-refractivity contribution is 7.89. The summed E-state index contributed by atoms with van der Waals surface area (Å²) in [6, 6.07) is 0.985. The first-order valence-electron chi connectivity index (χ1n) is 6.14. The summed E-state index contributed by atoms with van der Waals surface area (Å²) in [5.41, 5.74) is 5.51. The number of benzene rings is 1. The first kappa shape index (κ1) is 15.3. The van der Waals surface area contributed by atoms with E-state index >= 15 is 0 Å². The minimum Gasteiger partial charge on any atom is -0.330 e. The van der Waals surface area contributed by atoms with Crippen molar-refractivity contribution in [2.75, 3.05) is 13.1 Å². The van der Waals surface area contributed by atoms with Gasteiger partial charge in [-0.15, -0.1) is 0 Å². The number of nitrogens with zero attached hydrogens (tertiary/aromatic N) is 1. The van der Waals surface area contributed by atoms with E-state index in [9.17, 15) is 21.6 Å². The van der Waals surface area contributed by atoms with Crippen molar-refractivity contribution in [1.82, 2.24) is 4.31 Å². The van der Waals surface area contributed by atoms with Gasteiger partial charge in [-0.1, -0.05) is 0 Å². The molecule has 1 aromatic rings. The molecule has 2 N–H and O–H groups in total. The Labute approximate surface area is 115 Å². The van der Waals surface area contributed by atoms with Gasteiger partial charge in [-0.05, 0) is 37.9 Å². The Balaban J connectivity index is 2.44. The maximum atomic E-state index is 13.7. The van der Waals surface area contributed by atoms with E-state index in [1.165, 1.54) is 0 Å². The molecule has 8 heteroatoms. The molecule has 0 amide bonds. The van der Waals surface area contributed by atoms with Crippen LogP contribution in [0, 0.1) is 23.4 Å². The summed E-state index contributed by atoms with van der Waals surface area (Å²) in [4.78, 5) is -0.846. The molecule has 20 heavy (non-hydrogen) atoms. The van der Waals surface area contributed by atoms with Crippen LogP contribution in [0.3, 0.4) is 0 Å². The second kappa shape index (κ2) is 5.34. The van der Waals surface area contributed by atoms with Gasteiger partial charge in [0, 0.05) is 12.6 Å². The van der Waals surface area contributed by atoms with Crippen LogP contribution in [0.1, 0.15) is 13.3 Å². The van der Waals surface area contributed by atoms with Crippen molar-refractivity contribution in [3.05, 3.63) is 29.6 Å². The predicted octanol–water partition coefficient (Wildman–Crippen LogP) is 1.46. The number of halogens is 3. The zero-order valence-corrected chi connectivity index (χ0v) is 11.6. The fourth-order valence-corrected chi connectivity index (χ4v) is 4.22. The van der Waals surface area contributed by atoms with Crippen LogP contribution in [0.4, 0.5) is 13.2 Å². The molecular weight excluding hydrogens is 293 g/mol. The summed E-state index contributed by atoms with van der Waals surface area (Å²) in [6.07, 6.45) is 0.557. The lowest BCUT2D eigenvalue weighted by Gasteiger charge is -2.21. The monoisotopic (exact) mass is 308 g/mol. The van der Waals surface area contributed by atoms with Crippen LogP contribution in [-0.4, -0.2) is 31.9 Å². The Hall–Kier alpha value is -1.12. The molecular formula is C12H15F3N2O2S. The summed E-state index contributed by atoms with van der Waals surface area (Å²) >= 11 is 0. The highest BCUT2D eigenvalue weighted by atomic mass is 32.2. The van der Waals surface area contributed by atoms with Crippen molar-refractivity contribution < 1.29 is 21.6 Å². The molecule has 0 spiro atoms. The second-order valence-corrected chi connectivity index (χ2v) is 6.79. The fraction of sp³-hybridized carbons (Fsp3) is 0.500. The molecule has 1 fully saturated rings. The lowest BCUT2D eigenvalue weighted by atomic mass is 10.1. The molecule has 1 saturated heterocycles. The van der Waals surface area contributed by atoms with Crippen LogP contribution in [0.25, 0.3) is 0 Å². The first-order valence-corrected chi connectivity index (χ1v) is 7.58. The van der Waals surface area contributed by atoms with Crippen LogP contribution in [0.2, 0.25) is 0 Å². The Morgan fingerprint density at radius 1 is 1.30 bits per heavy atom. The van der Waals surface area contributed by atoms with Gasteiger partial charge in [0.1, 0.15) is 4.90 Å². The number of nitrogens with two attached hydrogens (primary N) is 1. The fourth-order valence-electron chi connectivity index (χ4n) is 2.45. The smallest absolute Gasteiger partial charge is 0.246 e. The van der Waals surface area contributed by atoms with Crippen LogP contribution in [0.15, 0.2) is 17.0 Å². The molecule has 1 aromatic carbocycles. The molecule has 2 unspecified atom stereocenters. The van der Waals surface area contributed by atoms with E-state index in [2.05, 4.69) is 0 Å². The van der Waals surface area contributed by atoms with Gasteiger partial charge in [0.15, 0.2) is 17.5 Å². The van der Waals surface area contributed by atoms with Crippen molar-refractivity contribution >= 4 is 10.0 Å². The lowest BCUT2D eigenvalue weighted by Crippen LogP contribution is -2.35. The van der Waals surface area contributed by atoms with Gasteiger partial charge in [0.2, 0.25) is 10.0 Å². The highest BCUT2D eigenvalue weighted by Gasteiger charge is 2.39. The van der Waals surface area contributed by atoms with E-state index in [4.69, 9.17) is 5.73 Å². The molecule has 0 saturated carbocycles. The molecule has 0 bridgehead atoms. The van der Waals surface area contributed by atoms with Crippen molar-refractivity contribution in [3.8, 4) is 0 Å². The first-order chi connectivity index (χ1) is 9.28. The lowest BCUT2D eigenvalue weighted by molar-refractivity contribution is 0.393. The maximum Gasteiger partial charge on any atom is 0.246 e. The molecule has 4 nitrogen and oxygen atoms in total. The number of rotatable bonds is 3. The Morgan fingerprint density at radius 2 is 1.95 bits per heavy atom. The zero-order chi connectivity index (χ0) is 15.1. The summed E-state index contributed by atoms with van der Waals surface area (Å²) in [7, 11) is -4.20. The molecule has 112 valence electrons. The minimum absolute atomic E-state index is 0.0202. The van der Waals surface area contributed by atoms with Crippen LogP contribution in [-0.2, 0) is 10.0 Å². The van der Waals surface area contributed by atoms with Crippen molar-refractivity contribution in [3.63, 3.8) is 0 Å². The Bertz CT molecular complexity index is 621.